The van der Waals surface area contributed by atoms with E-state index in [0.29, 0.717) is 32.3 Å². The third-order valence-electron chi connectivity index (χ3n) is 4.01. The maximum Gasteiger partial charge on any atom is 0.188 e. The predicted octanol–water partition coefficient (Wildman–Crippen LogP) is 0.477. The van der Waals surface area contributed by atoms with E-state index >= 15 is 0 Å². The Hall–Kier alpha value is -0.120. The molecule has 1 atom stereocenters. The molecule has 118 valence electrons. The van der Waals surface area contributed by atoms with Gasteiger partial charge in [-0.3, -0.25) is 4.99 Å². The van der Waals surface area contributed by atoms with E-state index < -0.39 is 0 Å². The topological polar surface area (TPSA) is 89.1 Å². The molecule has 0 aliphatic carbocycles. The molecule has 0 radical (unpaired) electrons. The fraction of sp³-hybridized carbons (Fsp3) is 0.923. The van der Waals surface area contributed by atoms with Gasteiger partial charge in [0.25, 0.3) is 0 Å². The van der Waals surface area contributed by atoms with Crippen LogP contribution in [-0.2, 0) is 9.47 Å². The molecule has 1 unspecified atom stereocenters. The number of guanidine groups is 1. The number of aliphatic hydroxyl groups is 1. The minimum atomic E-state index is -0.158. The van der Waals surface area contributed by atoms with E-state index in [-0.39, 0.29) is 42.1 Å². The number of nitrogens with one attached hydrogen (secondary N) is 1. The number of aliphatic hydroxyl groups excluding tert-OH is 1. The zero-order valence-electron chi connectivity index (χ0n) is 11.8. The maximum atomic E-state index is 9.55. The second kappa shape index (κ2) is 9.01. The summed E-state index contributed by atoms with van der Waals surface area (Å²) in [5, 5.41) is 12.6. The first-order valence-corrected chi connectivity index (χ1v) is 7.08. The van der Waals surface area contributed by atoms with Gasteiger partial charge in [0, 0.05) is 31.8 Å². The molecule has 0 bridgehead atoms. The Kier molecular flexibility index (Phi) is 8.08. The van der Waals surface area contributed by atoms with Gasteiger partial charge in [0.15, 0.2) is 5.96 Å². The second-order valence-corrected chi connectivity index (χ2v) is 5.49. The van der Waals surface area contributed by atoms with Gasteiger partial charge in [0.05, 0.1) is 19.3 Å². The van der Waals surface area contributed by atoms with E-state index in [9.17, 15) is 5.11 Å². The first-order valence-electron chi connectivity index (χ1n) is 7.08. The van der Waals surface area contributed by atoms with Crippen LogP contribution in [0, 0.1) is 5.41 Å². The first-order chi connectivity index (χ1) is 9.24. The molecule has 0 saturated carbocycles. The summed E-state index contributed by atoms with van der Waals surface area (Å²) in [5.74, 6) is 0.440. The van der Waals surface area contributed by atoms with Crippen LogP contribution in [0.1, 0.15) is 25.7 Å². The van der Waals surface area contributed by atoms with Gasteiger partial charge in [-0.25, -0.2) is 0 Å². The quantitative estimate of drug-likeness (QED) is 0.356. The summed E-state index contributed by atoms with van der Waals surface area (Å²) in [6.45, 7) is 3.64. The van der Waals surface area contributed by atoms with Gasteiger partial charge in [-0.1, -0.05) is 0 Å². The summed E-state index contributed by atoms with van der Waals surface area (Å²) < 4.78 is 10.8. The van der Waals surface area contributed by atoms with Gasteiger partial charge in [0.1, 0.15) is 0 Å². The summed E-state index contributed by atoms with van der Waals surface area (Å²) >= 11 is 0. The third-order valence-corrected chi connectivity index (χ3v) is 4.01. The standard InChI is InChI=1S/C13H25N3O3.HI/c14-12(15-8-11-2-1-5-19-11)16-9-13(10-17)3-6-18-7-4-13;/h11,17H,1-10H2,(H3,14,15,16);1H. The SMILES string of the molecule is I.NC(=NCC1(CO)CCOCC1)NCC1CCCO1. The fourth-order valence-electron chi connectivity index (χ4n) is 2.50. The molecule has 2 aliphatic rings. The Balaban J connectivity index is 0.00000200. The van der Waals surface area contributed by atoms with Crippen LogP contribution in [0.15, 0.2) is 4.99 Å². The summed E-state index contributed by atoms with van der Waals surface area (Å²) in [4.78, 5) is 4.36. The average Bonchev–Trinajstić information content (AvgIpc) is 2.97. The number of rotatable bonds is 5. The number of halogens is 1. The molecule has 0 aromatic heterocycles. The van der Waals surface area contributed by atoms with Crippen LogP contribution in [0.4, 0.5) is 0 Å². The molecule has 2 saturated heterocycles. The van der Waals surface area contributed by atoms with Crippen molar-refractivity contribution in [1.29, 1.82) is 0 Å². The zero-order valence-corrected chi connectivity index (χ0v) is 14.2. The lowest BCUT2D eigenvalue weighted by Crippen LogP contribution is -2.40. The third kappa shape index (κ3) is 5.34. The monoisotopic (exact) mass is 399 g/mol. The number of ether oxygens (including phenoxy) is 2. The largest absolute Gasteiger partial charge is 0.396 e. The maximum absolute atomic E-state index is 9.55. The zero-order chi connectivity index (χ0) is 13.6. The molecule has 0 aromatic carbocycles. The predicted molar refractivity (Wildman–Crippen MR) is 88.5 cm³/mol. The Morgan fingerprint density at radius 3 is 2.70 bits per heavy atom. The number of nitrogens with two attached hydrogens (primary N) is 1. The summed E-state index contributed by atoms with van der Waals surface area (Å²) in [5.41, 5.74) is 5.69. The van der Waals surface area contributed by atoms with E-state index in [2.05, 4.69) is 10.3 Å². The molecule has 0 spiro atoms. The summed E-state index contributed by atoms with van der Waals surface area (Å²) in [7, 11) is 0. The normalized spacial score (nSPS) is 26.1. The van der Waals surface area contributed by atoms with Crippen LogP contribution in [0.25, 0.3) is 0 Å². The van der Waals surface area contributed by atoms with Crippen molar-refractivity contribution in [3.8, 4) is 0 Å². The molecular weight excluding hydrogens is 373 g/mol. The molecular formula is C13H26IN3O3. The molecule has 2 fully saturated rings. The lowest BCUT2D eigenvalue weighted by Gasteiger charge is -2.34. The van der Waals surface area contributed by atoms with Gasteiger partial charge >= 0.3 is 0 Å². The molecule has 2 heterocycles. The highest BCUT2D eigenvalue weighted by Crippen LogP contribution is 2.30. The van der Waals surface area contributed by atoms with E-state index in [0.717, 1.165) is 32.3 Å². The van der Waals surface area contributed by atoms with Crippen molar-refractivity contribution in [2.75, 3.05) is 39.5 Å². The van der Waals surface area contributed by atoms with E-state index in [4.69, 9.17) is 15.2 Å². The molecule has 0 aromatic rings. The minimum absolute atomic E-state index is 0. The van der Waals surface area contributed by atoms with Gasteiger partial charge < -0.3 is 25.6 Å². The molecule has 20 heavy (non-hydrogen) atoms. The van der Waals surface area contributed by atoms with Gasteiger partial charge in [-0.05, 0) is 25.7 Å². The van der Waals surface area contributed by atoms with Crippen LogP contribution in [-0.4, -0.2) is 56.7 Å². The fourth-order valence-corrected chi connectivity index (χ4v) is 2.50. The molecule has 0 amide bonds. The molecule has 2 aliphatic heterocycles. The highest BCUT2D eigenvalue weighted by Gasteiger charge is 2.31. The lowest BCUT2D eigenvalue weighted by atomic mass is 9.81. The van der Waals surface area contributed by atoms with E-state index in [1.807, 2.05) is 0 Å². The van der Waals surface area contributed by atoms with Crippen molar-refractivity contribution >= 4 is 29.9 Å². The van der Waals surface area contributed by atoms with Crippen molar-refractivity contribution in [3.05, 3.63) is 0 Å². The Morgan fingerprint density at radius 2 is 2.10 bits per heavy atom. The summed E-state index contributed by atoms with van der Waals surface area (Å²) in [6.07, 6.45) is 4.14. The number of hydrogen-bond acceptors (Lipinski definition) is 4. The van der Waals surface area contributed by atoms with Gasteiger partial charge in [0.2, 0.25) is 0 Å². The first kappa shape index (κ1) is 17.9. The number of hydrogen-bond donors (Lipinski definition) is 3. The van der Waals surface area contributed by atoms with Gasteiger partial charge in [-0.15, -0.1) is 24.0 Å². The van der Waals surface area contributed by atoms with Gasteiger partial charge in [-0.2, -0.15) is 0 Å². The van der Waals surface area contributed by atoms with Crippen molar-refractivity contribution in [2.24, 2.45) is 16.1 Å². The Morgan fingerprint density at radius 1 is 1.35 bits per heavy atom. The Labute approximate surface area is 137 Å². The van der Waals surface area contributed by atoms with Crippen LogP contribution in [0.3, 0.4) is 0 Å². The molecule has 7 heteroatoms. The minimum Gasteiger partial charge on any atom is -0.396 e. The highest BCUT2D eigenvalue weighted by atomic mass is 127. The highest BCUT2D eigenvalue weighted by molar-refractivity contribution is 14.0. The van der Waals surface area contributed by atoms with E-state index in [1.165, 1.54) is 0 Å². The van der Waals surface area contributed by atoms with Crippen LogP contribution >= 0.6 is 24.0 Å². The van der Waals surface area contributed by atoms with Crippen LogP contribution in [0.2, 0.25) is 0 Å². The lowest BCUT2D eigenvalue weighted by molar-refractivity contribution is -0.0106. The average molecular weight is 399 g/mol. The Bertz CT molecular complexity index is 303. The summed E-state index contributed by atoms with van der Waals surface area (Å²) in [6, 6.07) is 0. The van der Waals surface area contributed by atoms with Crippen molar-refractivity contribution in [2.45, 2.75) is 31.8 Å². The van der Waals surface area contributed by atoms with E-state index in [1.54, 1.807) is 0 Å². The van der Waals surface area contributed by atoms with Crippen molar-refractivity contribution < 1.29 is 14.6 Å². The molecule has 2 rings (SSSR count). The van der Waals surface area contributed by atoms with Crippen molar-refractivity contribution in [1.82, 2.24) is 5.32 Å². The number of nitrogens with zero attached hydrogens (tertiary/aromatic N) is 1. The number of aliphatic imine (C=N–C) groups is 1. The second-order valence-electron chi connectivity index (χ2n) is 5.49. The van der Waals surface area contributed by atoms with Crippen molar-refractivity contribution in [3.63, 3.8) is 0 Å². The van der Waals surface area contributed by atoms with Crippen LogP contribution in [0.5, 0.6) is 0 Å². The smallest absolute Gasteiger partial charge is 0.188 e. The molecule has 4 N–H and O–H groups in total. The van der Waals surface area contributed by atoms with Crippen LogP contribution < -0.4 is 11.1 Å². The molecule has 6 nitrogen and oxygen atoms in total.